The van der Waals surface area contributed by atoms with Gasteiger partial charge in [-0.25, -0.2) is 4.79 Å². The Hall–Kier alpha value is -3.22. The zero-order valence-electron chi connectivity index (χ0n) is 15.7. The van der Waals surface area contributed by atoms with E-state index in [2.05, 4.69) is 10.6 Å². The first-order valence-corrected chi connectivity index (χ1v) is 8.56. The van der Waals surface area contributed by atoms with E-state index in [9.17, 15) is 9.59 Å². The zero-order valence-corrected chi connectivity index (χ0v) is 15.7. The maximum Gasteiger partial charge on any atom is 0.340 e. The quantitative estimate of drug-likeness (QED) is 0.658. The standard InChI is InChI=1S/C20H24N2O5/c1-4-27-20(24)15-7-5-6-8-16(15)21-13-19(23)22-12-14-9-10-17(25-2)18(11-14)26-3/h5-11,21H,4,12-13H2,1-3H3,(H,22,23). The first-order chi connectivity index (χ1) is 13.1. The number of anilines is 1. The third-order valence-corrected chi connectivity index (χ3v) is 3.80. The molecule has 27 heavy (non-hydrogen) atoms. The summed E-state index contributed by atoms with van der Waals surface area (Å²) in [5.41, 5.74) is 1.83. The highest BCUT2D eigenvalue weighted by Gasteiger charge is 2.12. The summed E-state index contributed by atoms with van der Waals surface area (Å²) in [5, 5.41) is 5.79. The van der Waals surface area contributed by atoms with Crippen LogP contribution in [0.3, 0.4) is 0 Å². The molecular formula is C20H24N2O5. The largest absolute Gasteiger partial charge is 0.493 e. The van der Waals surface area contributed by atoms with Crippen LogP contribution in [0.15, 0.2) is 42.5 Å². The Morgan fingerprint density at radius 3 is 2.44 bits per heavy atom. The highest BCUT2D eigenvalue weighted by molar-refractivity contribution is 5.96. The first kappa shape index (κ1) is 20.1. The Kier molecular flexibility index (Phi) is 7.49. The highest BCUT2D eigenvalue weighted by atomic mass is 16.5. The fraction of sp³-hybridized carbons (Fsp3) is 0.300. The van der Waals surface area contributed by atoms with E-state index in [4.69, 9.17) is 14.2 Å². The van der Waals surface area contributed by atoms with Crippen LogP contribution in [-0.4, -0.2) is 39.2 Å². The average molecular weight is 372 g/mol. The van der Waals surface area contributed by atoms with Crippen molar-refractivity contribution in [3.05, 3.63) is 53.6 Å². The van der Waals surface area contributed by atoms with Gasteiger partial charge in [-0.2, -0.15) is 0 Å². The summed E-state index contributed by atoms with van der Waals surface area (Å²) in [4.78, 5) is 24.1. The van der Waals surface area contributed by atoms with Crippen LogP contribution in [0.2, 0.25) is 0 Å². The average Bonchev–Trinajstić information content (AvgIpc) is 2.70. The van der Waals surface area contributed by atoms with E-state index in [-0.39, 0.29) is 12.5 Å². The van der Waals surface area contributed by atoms with Gasteiger partial charge >= 0.3 is 5.97 Å². The third-order valence-electron chi connectivity index (χ3n) is 3.80. The molecule has 2 N–H and O–H groups in total. The fourth-order valence-corrected chi connectivity index (χ4v) is 2.45. The highest BCUT2D eigenvalue weighted by Crippen LogP contribution is 2.27. The second-order valence-corrected chi connectivity index (χ2v) is 5.59. The second kappa shape index (κ2) is 10.1. The normalized spacial score (nSPS) is 10.0. The summed E-state index contributed by atoms with van der Waals surface area (Å²) >= 11 is 0. The molecule has 0 saturated carbocycles. The molecule has 0 atom stereocenters. The van der Waals surface area contributed by atoms with Gasteiger partial charge in [0.2, 0.25) is 5.91 Å². The van der Waals surface area contributed by atoms with Crippen LogP contribution in [0.25, 0.3) is 0 Å². The van der Waals surface area contributed by atoms with Gasteiger partial charge in [0.25, 0.3) is 0 Å². The van der Waals surface area contributed by atoms with Crippen LogP contribution < -0.4 is 20.1 Å². The topological polar surface area (TPSA) is 85.9 Å². The minimum absolute atomic E-state index is 0.0315. The SMILES string of the molecule is CCOC(=O)c1ccccc1NCC(=O)NCc1ccc(OC)c(OC)c1. The summed E-state index contributed by atoms with van der Waals surface area (Å²) < 4.78 is 15.5. The Morgan fingerprint density at radius 1 is 1.00 bits per heavy atom. The predicted molar refractivity (Wildman–Crippen MR) is 102 cm³/mol. The lowest BCUT2D eigenvalue weighted by Gasteiger charge is -2.12. The molecule has 0 saturated heterocycles. The van der Waals surface area contributed by atoms with Crippen molar-refractivity contribution in [2.24, 2.45) is 0 Å². The maximum atomic E-state index is 12.1. The minimum atomic E-state index is -0.425. The third kappa shape index (κ3) is 5.64. The first-order valence-electron chi connectivity index (χ1n) is 8.56. The van der Waals surface area contributed by atoms with Crippen LogP contribution >= 0.6 is 0 Å². The van der Waals surface area contributed by atoms with E-state index in [0.717, 1.165) is 5.56 Å². The van der Waals surface area contributed by atoms with Crippen molar-refractivity contribution in [2.45, 2.75) is 13.5 Å². The molecule has 0 aliphatic rings. The Morgan fingerprint density at radius 2 is 1.74 bits per heavy atom. The van der Waals surface area contributed by atoms with Crippen molar-refractivity contribution >= 4 is 17.6 Å². The van der Waals surface area contributed by atoms with Crippen LogP contribution in [0.4, 0.5) is 5.69 Å². The van der Waals surface area contributed by atoms with Crippen molar-refractivity contribution < 1.29 is 23.8 Å². The fourth-order valence-electron chi connectivity index (χ4n) is 2.45. The van der Waals surface area contributed by atoms with E-state index < -0.39 is 5.97 Å². The van der Waals surface area contributed by atoms with Gasteiger partial charge in [-0.1, -0.05) is 18.2 Å². The lowest BCUT2D eigenvalue weighted by atomic mass is 10.2. The number of hydrogen-bond acceptors (Lipinski definition) is 6. The van der Waals surface area contributed by atoms with Crippen LogP contribution in [-0.2, 0) is 16.1 Å². The lowest BCUT2D eigenvalue weighted by molar-refractivity contribution is -0.119. The van der Waals surface area contributed by atoms with E-state index in [1.165, 1.54) is 0 Å². The van der Waals surface area contributed by atoms with Gasteiger partial charge in [0.15, 0.2) is 11.5 Å². The maximum absolute atomic E-state index is 12.1. The van der Waals surface area contributed by atoms with E-state index in [1.807, 2.05) is 12.1 Å². The molecule has 0 radical (unpaired) electrons. The number of carbonyl (C=O) groups excluding carboxylic acids is 2. The van der Waals surface area contributed by atoms with Gasteiger partial charge in [0.05, 0.1) is 32.9 Å². The Labute approximate surface area is 158 Å². The number of amides is 1. The molecule has 0 aromatic heterocycles. The molecule has 2 rings (SSSR count). The van der Waals surface area contributed by atoms with Gasteiger partial charge < -0.3 is 24.8 Å². The second-order valence-electron chi connectivity index (χ2n) is 5.59. The number of ether oxygens (including phenoxy) is 3. The summed E-state index contributed by atoms with van der Waals surface area (Å²) in [7, 11) is 3.13. The molecule has 144 valence electrons. The van der Waals surface area contributed by atoms with Crippen molar-refractivity contribution in [2.75, 3.05) is 32.7 Å². The Bertz CT molecular complexity index is 792. The molecule has 2 aromatic carbocycles. The molecule has 7 nitrogen and oxygen atoms in total. The molecule has 0 aliphatic carbocycles. The molecule has 1 amide bonds. The molecule has 2 aromatic rings. The van der Waals surface area contributed by atoms with Crippen molar-refractivity contribution in [1.29, 1.82) is 0 Å². The number of rotatable bonds is 9. The Balaban J connectivity index is 1.91. The van der Waals surface area contributed by atoms with Gasteiger partial charge in [0, 0.05) is 12.2 Å². The molecule has 0 heterocycles. The lowest BCUT2D eigenvalue weighted by Crippen LogP contribution is -2.29. The predicted octanol–water partition coefficient (Wildman–Crippen LogP) is 2.61. The molecule has 7 heteroatoms. The summed E-state index contributed by atoms with van der Waals surface area (Å²) in [6, 6.07) is 12.4. The number of para-hydroxylation sites is 1. The zero-order chi connectivity index (χ0) is 19.6. The number of hydrogen-bond donors (Lipinski definition) is 2. The molecule has 0 aliphatic heterocycles. The van der Waals surface area contributed by atoms with Gasteiger partial charge in [0.1, 0.15) is 0 Å². The number of benzene rings is 2. The van der Waals surface area contributed by atoms with E-state index >= 15 is 0 Å². The molecule has 0 fully saturated rings. The van der Waals surface area contributed by atoms with Gasteiger partial charge in [-0.3, -0.25) is 4.79 Å². The van der Waals surface area contributed by atoms with E-state index in [1.54, 1.807) is 51.5 Å². The molecule has 0 bridgehead atoms. The smallest absolute Gasteiger partial charge is 0.340 e. The summed E-state index contributed by atoms with van der Waals surface area (Å²) in [5.74, 6) is 0.602. The minimum Gasteiger partial charge on any atom is -0.493 e. The van der Waals surface area contributed by atoms with Crippen molar-refractivity contribution in [1.82, 2.24) is 5.32 Å². The summed E-state index contributed by atoms with van der Waals surface area (Å²) in [6.07, 6.45) is 0. The van der Waals surface area contributed by atoms with Gasteiger partial charge in [-0.15, -0.1) is 0 Å². The molecule has 0 spiro atoms. The number of carbonyl (C=O) groups is 2. The van der Waals surface area contributed by atoms with Crippen LogP contribution in [0.1, 0.15) is 22.8 Å². The summed E-state index contributed by atoms with van der Waals surface area (Å²) in [6.45, 7) is 2.42. The molecular weight excluding hydrogens is 348 g/mol. The number of methoxy groups -OCH3 is 2. The van der Waals surface area contributed by atoms with Crippen molar-refractivity contribution in [3.8, 4) is 11.5 Å². The van der Waals surface area contributed by atoms with Gasteiger partial charge in [-0.05, 0) is 36.8 Å². The van der Waals surface area contributed by atoms with Crippen molar-refractivity contribution in [3.63, 3.8) is 0 Å². The molecule has 0 unspecified atom stereocenters. The number of nitrogens with one attached hydrogen (secondary N) is 2. The monoisotopic (exact) mass is 372 g/mol. The van der Waals surface area contributed by atoms with E-state index in [0.29, 0.717) is 35.9 Å². The van der Waals surface area contributed by atoms with Crippen LogP contribution in [0.5, 0.6) is 11.5 Å². The van der Waals surface area contributed by atoms with Crippen LogP contribution in [0, 0.1) is 0 Å². The number of esters is 1.